The fourth-order valence-corrected chi connectivity index (χ4v) is 3.04. The van der Waals surface area contributed by atoms with Crippen molar-refractivity contribution in [2.45, 2.75) is 29.8 Å². The molecule has 0 radical (unpaired) electrons. The van der Waals surface area contributed by atoms with Crippen LogP contribution in [0.1, 0.15) is 24.0 Å². The molecule has 1 atom stereocenters. The van der Waals surface area contributed by atoms with Gasteiger partial charge in [0.15, 0.2) is 0 Å². The monoisotopic (exact) mass is 285 g/mol. The summed E-state index contributed by atoms with van der Waals surface area (Å²) in [6.45, 7) is 0.853. The van der Waals surface area contributed by atoms with Gasteiger partial charge in [0.2, 0.25) is 0 Å². The van der Waals surface area contributed by atoms with Crippen molar-refractivity contribution in [3.63, 3.8) is 0 Å². The summed E-state index contributed by atoms with van der Waals surface area (Å²) in [5.74, 6) is 0. The van der Waals surface area contributed by atoms with Crippen LogP contribution in [0.25, 0.3) is 0 Å². The predicted octanol–water partition coefficient (Wildman–Crippen LogP) is 3.20. The van der Waals surface area contributed by atoms with E-state index in [0.717, 1.165) is 11.4 Å². The molecular weight excluding hydrogens is 266 g/mol. The van der Waals surface area contributed by atoms with Crippen LogP contribution < -0.4 is 5.32 Å². The fraction of sp³-hybridized carbons (Fsp3) is 0.294. The Morgan fingerprint density at radius 2 is 1.70 bits per heavy atom. The molecule has 2 aromatic rings. The number of benzene rings is 2. The highest BCUT2D eigenvalue weighted by molar-refractivity contribution is 7.84. The van der Waals surface area contributed by atoms with Crippen molar-refractivity contribution in [1.29, 1.82) is 0 Å². The molecule has 0 heterocycles. The van der Waals surface area contributed by atoms with Crippen LogP contribution >= 0.6 is 0 Å². The number of nitrogens with one attached hydrogen (secondary N) is 1. The van der Waals surface area contributed by atoms with Crippen LogP contribution in [0, 0.1) is 0 Å². The first kappa shape index (κ1) is 13.5. The molecule has 1 N–H and O–H groups in total. The van der Waals surface area contributed by atoms with Gasteiger partial charge in [0.25, 0.3) is 0 Å². The molecule has 0 unspecified atom stereocenters. The second kappa shape index (κ2) is 5.51. The highest BCUT2D eigenvalue weighted by Gasteiger charge is 2.43. The van der Waals surface area contributed by atoms with Crippen molar-refractivity contribution >= 4 is 10.8 Å². The number of rotatable bonds is 5. The minimum atomic E-state index is -0.896. The predicted molar refractivity (Wildman–Crippen MR) is 83.0 cm³/mol. The van der Waals surface area contributed by atoms with Crippen molar-refractivity contribution in [1.82, 2.24) is 5.32 Å². The highest BCUT2D eigenvalue weighted by atomic mass is 32.2. The second-order valence-corrected chi connectivity index (χ2v) is 6.78. The van der Waals surface area contributed by atoms with Crippen LogP contribution in [0.2, 0.25) is 0 Å². The Balaban J connectivity index is 1.66. The van der Waals surface area contributed by atoms with Crippen molar-refractivity contribution in [3.8, 4) is 0 Å². The van der Waals surface area contributed by atoms with E-state index in [0.29, 0.717) is 0 Å². The third kappa shape index (κ3) is 2.84. The molecule has 1 saturated carbocycles. The van der Waals surface area contributed by atoms with Crippen molar-refractivity contribution < 1.29 is 4.21 Å². The van der Waals surface area contributed by atoms with Crippen molar-refractivity contribution in [2.24, 2.45) is 0 Å². The summed E-state index contributed by atoms with van der Waals surface area (Å²) in [5.41, 5.74) is 2.79. The van der Waals surface area contributed by atoms with E-state index in [1.54, 1.807) is 6.26 Å². The average Bonchev–Trinajstić information content (AvgIpc) is 3.28. The van der Waals surface area contributed by atoms with Gasteiger partial charge in [-0.2, -0.15) is 0 Å². The summed E-state index contributed by atoms with van der Waals surface area (Å²) in [6, 6.07) is 18.7. The molecule has 1 fully saturated rings. The minimum Gasteiger partial charge on any atom is -0.303 e. The normalized spacial score (nSPS) is 17.6. The molecule has 3 rings (SSSR count). The van der Waals surface area contributed by atoms with E-state index in [9.17, 15) is 4.21 Å². The zero-order valence-corrected chi connectivity index (χ0v) is 12.5. The Bertz CT molecular complexity index is 603. The lowest BCUT2D eigenvalue weighted by Crippen LogP contribution is -2.28. The van der Waals surface area contributed by atoms with Gasteiger partial charge < -0.3 is 5.32 Å². The molecule has 0 aliphatic heterocycles. The first-order chi connectivity index (χ1) is 9.70. The molecule has 1 aliphatic carbocycles. The van der Waals surface area contributed by atoms with Crippen LogP contribution in [-0.2, 0) is 22.9 Å². The molecule has 104 valence electrons. The maximum Gasteiger partial charge on any atom is 0.0498 e. The SMILES string of the molecule is C[S@@](=O)c1ccc(CNC2(c3ccccc3)CC2)cc1. The highest BCUT2D eigenvalue weighted by Crippen LogP contribution is 2.45. The second-order valence-electron chi connectivity index (χ2n) is 5.40. The maximum atomic E-state index is 11.4. The Morgan fingerprint density at radius 1 is 1.05 bits per heavy atom. The molecule has 2 aromatic carbocycles. The van der Waals surface area contributed by atoms with Gasteiger partial charge in [0, 0.05) is 34.0 Å². The summed E-state index contributed by atoms with van der Waals surface area (Å²) in [7, 11) is -0.896. The minimum absolute atomic E-state index is 0.174. The standard InChI is InChI=1S/C17H19NOS/c1-20(19)16-9-7-14(8-10-16)13-18-17(11-12-17)15-5-3-2-4-6-15/h2-10,18H,11-13H2,1H3/t20-/m1/s1. The lowest BCUT2D eigenvalue weighted by Gasteiger charge is -2.18. The van der Waals surface area contributed by atoms with E-state index in [2.05, 4.69) is 47.8 Å². The molecule has 1 aliphatic rings. The molecular formula is C17H19NOS. The lowest BCUT2D eigenvalue weighted by atomic mass is 10.0. The molecule has 0 spiro atoms. The third-order valence-electron chi connectivity index (χ3n) is 3.96. The Labute approximate surface area is 122 Å². The lowest BCUT2D eigenvalue weighted by molar-refractivity contribution is 0.518. The average molecular weight is 285 g/mol. The summed E-state index contributed by atoms with van der Waals surface area (Å²) in [5, 5.41) is 3.68. The largest absolute Gasteiger partial charge is 0.303 e. The van der Waals surface area contributed by atoms with E-state index in [1.807, 2.05) is 12.1 Å². The summed E-state index contributed by atoms with van der Waals surface area (Å²) < 4.78 is 11.4. The van der Waals surface area contributed by atoms with Gasteiger partial charge in [-0.05, 0) is 36.1 Å². The molecule has 0 amide bonds. The molecule has 20 heavy (non-hydrogen) atoms. The molecule has 0 aromatic heterocycles. The van der Waals surface area contributed by atoms with Gasteiger partial charge in [-0.1, -0.05) is 42.5 Å². The van der Waals surface area contributed by atoms with Crippen molar-refractivity contribution in [2.75, 3.05) is 6.26 Å². The molecule has 0 saturated heterocycles. The van der Waals surface area contributed by atoms with Gasteiger partial charge in [0.1, 0.15) is 0 Å². The van der Waals surface area contributed by atoms with Gasteiger partial charge in [-0.15, -0.1) is 0 Å². The zero-order chi connectivity index (χ0) is 14.0. The topological polar surface area (TPSA) is 29.1 Å². The van der Waals surface area contributed by atoms with E-state index in [1.165, 1.54) is 24.0 Å². The maximum absolute atomic E-state index is 11.4. The Morgan fingerprint density at radius 3 is 2.25 bits per heavy atom. The van der Waals surface area contributed by atoms with E-state index in [-0.39, 0.29) is 5.54 Å². The summed E-state index contributed by atoms with van der Waals surface area (Å²) in [6.07, 6.45) is 4.12. The van der Waals surface area contributed by atoms with E-state index >= 15 is 0 Å². The van der Waals surface area contributed by atoms with Crippen LogP contribution in [0.3, 0.4) is 0 Å². The number of hydrogen-bond acceptors (Lipinski definition) is 2. The van der Waals surface area contributed by atoms with Gasteiger partial charge in [-0.3, -0.25) is 4.21 Å². The van der Waals surface area contributed by atoms with E-state index in [4.69, 9.17) is 0 Å². The summed E-state index contributed by atoms with van der Waals surface area (Å²) >= 11 is 0. The van der Waals surface area contributed by atoms with Crippen LogP contribution in [0.5, 0.6) is 0 Å². The van der Waals surface area contributed by atoms with Crippen molar-refractivity contribution in [3.05, 3.63) is 65.7 Å². The Kier molecular flexibility index (Phi) is 3.72. The molecule has 2 nitrogen and oxygen atoms in total. The third-order valence-corrected chi connectivity index (χ3v) is 4.90. The van der Waals surface area contributed by atoms with Crippen LogP contribution in [0.15, 0.2) is 59.5 Å². The zero-order valence-electron chi connectivity index (χ0n) is 11.6. The smallest absolute Gasteiger partial charge is 0.0498 e. The van der Waals surface area contributed by atoms with Crippen LogP contribution in [0.4, 0.5) is 0 Å². The molecule has 0 bridgehead atoms. The van der Waals surface area contributed by atoms with E-state index < -0.39 is 10.8 Å². The molecule has 3 heteroatoms. The first-order valence-electron chi connectivity index (χ1n) is 6.93. The number of hydrogen-bond donors (Lipinski definition) is 1. The van der Waals surface area contributed by atoms with Gasteiger partial charge in [0.05, 0.1) is 0 Å². The first-order valence-corrected chi connectivity index (χ1v) is 8.48. The Hall–Kier alpha value is -1.45. The summed E-state index contributed by atoms with van der Waals surface area (Å²) in [4.78, 5) is 0.887. The fourth-order valence-electron chi connectivity index (χ4n) is 2.52. The van der Waals surface area contributed by atoms with Gasteiger partial charge >= 0.3 is 0 Å². The quantitative estimate of drug-likeness (QED) is 0.914. The van der Waals surface area contributed by atoms with Gasteiger partial charge in [-0.25, -0.2) is 0 Å². The van der Waals surface area contributed by atoms with Crippen LogP contribution in [-0.4, -0.2) is 10.5 Å².